The van der Waals surface area contributed by atoms with Crippen LogP contribution < -0.4 is 0 Å². The van der Waals surface area contributed by atoms with Gasteiger partial charge >= 0.3 is 39.5 Å². The van der Waals surface area contributed by atoms with E-state index in [1.54, 1.807) is 0 Å². The predicted molar refractivity (Wildman–Crippen MR) is 349 cm³/mol. The fourth-order valence-corrected chi connectivity index (χ4v) is 11.7. The predicted octanol–water partition coefficient (Wildman–Crippen LogP) is 18.9. The first-order valence-electron chi connectivity index (χ1n) is 35.3. The molecule has 4 unspecified atom stereocenters. The lowest BCUT2D eigenvalue weighted by Gasteiger charge is -2.21. The highest BCUT2D eigenvalue weighted by atomic mass is 31.2. The van der Waals surface area contributed by atoms with Gasteiger partial charge in [-0.1, -0.05) is 280 Å². The number of carbonyl (C=O) groups excluding carboxylic acids is 4. The Labute approximate surface area is 530 Å². The zero-order valence-electron chi connectivity index (χ0n) is 56.6. The van der Waals surface area contributed by atoms with Gasteiger partial charge in [0.25, 0.3) is 0 Å². The van der Waals surface area contributed by atoms with E-state index in [-0.39, 0.29) is 25.7 Å². The first-order chi connectivity index (χ1) is 41.7. The molecule has 7 atom stereocenters. The Hall–Kier alpha value is -1.94. The number of carbonyl (C=O) groups is 4. The molecule has 0 aromatic heterocycles. The van der Waals surface area contributed by atoms with Crippen LogP contribution >= 0.6 is 15.6 Å². The third kappa shape index (κ3) is 60.1. The van der Waals surface area contributed by atoms with Crippen molar-refractivity contribution in [3.63, 3.8) is 0 Å². The maximum Gasteiger partial charge on any atom is 0.472 e. The van der Waals surface area contributed by atoms with Crippen LogP contribution in [0.2, 0.25) is 0 Å². The summed E-state index contributed by atoms with van der Waals surface area (Å²) in [6.45, 7) is 14.0. The number of rotatable bonds is 65. The molecule has 19 heteroatoms. The number of phosphoric ester groups is 2. The van der Waals surface area contributed by atoms with Gasteiger partial charge in [-0.3, -0.25) is 37.3 Å². The lowest BCUT2D eigenvalue weighted by Crippen LogP contribution is -2.30. The van der Waals surface area contributed by atoms with E-state index in [9.17, 15) is 43.2 Å². The van der Waals surface area contributed by atoms with Crippen LogP contribution in [0.4, 0.5) is 0 Å². The van der Waals surface area contributed by atoms with E-state index in [0.29, 0.717) is 31.6 Å². The Morgan fingerprint density at radius 1 is 0.322 bits per heavy atom. The van der Waals surface area contributed by atoms with Crippen molar-refractivity contribution in [1.29, 1.82) is 0 Å². The SMILES string of the molecule is CCC(C)CCCCCCCCCCCCC(=O)O[C@H](COC(=O)CCCCCCCCC(C)C)COP(=O)(O)OC[C@H](O)COP(=O)(O)OC[C@@H](COC(=O)CCCCCCCCCCCCCC(C)C)OC(=O)CCCCCCCCC(C)CC. The number of phosphoric acid groups is 2. The molecule has 0 bridgehead atoms. The fourth-order valence-electron chi connectivity index (χ4n) is 10.1. The van der Waals surface area contributed by atoms with E-state index < -0.39 is 97.5 Å². The monoisotopic (exact) mass is 1280 g/mol. The molecule has 0 rings (SSSR count). The van der Waals surface area contributed by atoms with Gasteiger partial charge in [0, 0.05) is 25.7 Å². The number of aliphatic hydroxyl groups excluding tert-OH is 1. The van der Waals surface area contributed by atoms with Gasteiger partial charge in [0.15, 0.2) is 12.2 Å². The highest BCUT2D eigenvalue weighted by molar-refractivity contribution is 7.47. The molecule has 0 saturated carbocycles. The maximum absolute atomic E-state index is 13.0. The van der Waals surface area contributed by atoms with Crippen molar-refractivity contribution in [3.8, 4) is 0 Å². The van der Waals surface area contributed by atoms with E-state index in [0.717, 1.165) is 114 Å². The Bertz CT molecular complexity index is 1730. The van der Waals surface area contributed by atoms with Gasteiger partial charge in [-0.25, -0.2) is 9.13 Å². The summed E-state index contributed by atoms with van der Waals surface area (Å²) in [5.74, 6) is 0.837. The minimum Gasteiger partial charge on any atom is -0.462 e. The van der Waals surface area contributed by atoms with Gasteiger partial charge in [0.2, 0.25) is 0 Å². The van der Waals surface area contributed by atoms with Gasteiger partial charge in [0.05, 0.1) is 26.4 Å². The summed E-state index contributed by atoms with van der Waals surface area (Å²) in [5, 5.41) is 10.6. The second-order valence-electron chi connectivity index (χ2n) is 26.0. The van der Waals surface area contributed by atoms with Crippen LogP contribution in [-0.4, -0.2) is 96.7 Å². The highest BCUT2D eigenvalue weighted by Gasteiger charge is 2.30. The van der Waals surface area contributed by atoms with Crippen molar-refractivity contribution in [2.75, 3.05) is 39.6 Å². The van der Waals surface area contributed by atoms with Crippen molar-refractivity contribution in [1.82, 2.24) is 0 Å². The minimum atomic E-state index is -4.95. The molecular formula is C68H132O17P2. The first kappa shape index (κ1) is 85.1. The standard InChI is InChI=1S/C68H132O17P2/c1-9-60(7)46-38-30-21-17-14-15-19-23-34-42-50-67(72)84-63(55-79-66(71)49-41-33-26-24-29-37-45-59(5)6)56-82-86(74,75)80-52-62(69)53-81-87(76,77)83-57-64(85-68(73)51-43-35-27-25-31-39-47-61(8)10-2)54-78-65(70)48-40-32-22-18-13-11-12-16-20-28-36-44-58(3)4/h58-64,69H,9-57H2,1-8H3,(H,74,75)(H,76,77)/t60?,61?,62-,63+,64+/m0/s1. The van der Waals surface area contributed by atoms with Crippen molar-refractivity contribution < 1.29 is 80.2 Å². The topological polar surface area (TPSA) is 237 Å². The summed E-state index contributed by atoms with van der Waals surface area (Å²) in [4.78, 5) is 72.4. The van der Waals surface area contributed by atoms with E-state index in [1.807, 2.05) is 0 Å². The Balaban J connectivity index is 5.24. The average Bonchev–Trinajstić information content (AvgIpc) is 3.69. The van der Waals surface area contributed by atoms with Crippen LogP contribution in [0.1, 0.15) is 331 Å². The van der Waals surface area contributed by atoms with E-state index in [2.05, 4.69) is 55.4 Å². The normalized spacial score (nSPS) is 15.0. The summed E-state index contributed by atoms with van der Waals surface area (Å²) in [7, 11) is -9.90. The van der Waals surface area contributed by atoms with Crippen molar-refractivity contribution in [2.24, 2.45) is 23.7 Å². The number of hydrogen-bond donors (Lipinski definition) is 3. The van der Waals surface area contributed by atoms with Crippen molar-refractivity contribution in [3.05, 3.63) is 0 Å². The molecule has 516 valence electrons. The molecule has 0 radical (unpaired) electrons. The molecule has 0 spiro atoms. The molecule has 0 aliphatic carbocycles. The first-order valence-corrected chi connectivity index (χ1v) is 38.3. The number of unbranched alkanes of at least 4 members (excludes halogenated alkanes) is 29. The molecule has 0 heterocycles. The molecule has 3 N–H and O–H groups in total. The van der Waals surface area contributed by atoms with Gasteiger partial charge in [-0.05, 0) is 49.4 Å². The highest BCUT2D eigenvalue weighted by Crippen LogP contribution is 2.45. The van der Waals surface area contributed by atoms with E-state index in [4.69, 9.17) is 37.0 Å². The van der Waals surface area contributed by atoms with Crippen LogP contribution in [0.25, 0.3) is 0 Å². The summed E-state index contributed by atoms with van der Waals surface area (Å²) in [5.41, 5.74) is 0. The Morgan fingerprint density at radius 3 is 0.816 bits per heavy atom. The second-order valence-corrected chi connectivity index (χ2v) is 28.9. The van der Waals surface area contributed by atoms with Gasteiger partial charge in [0.1, 0.15) is 19.3 Å². The molecule has 0 fully saturated rings. The summed E-state index contributed by atoms with van der Waals surface area (Å²) in [6.07, 6.45) is 39.0. The van der Waals surface area contributed by atoms with Crippen LogP contribution in [0, 0.1) is 23.7 Å². The third-order valence-electron chi connectivity index (χ3n) is 16.3. The number of hydrogen-bond acceptors (Lipinski definition) is 15. The number of ether oxygens (including phenoxy) is 4. The zero-order chi connectivity index (χ0) is 64.7. The quantitative estimate of drug-likeness (QED) is 0.0222. The molecule has 17 nitrogen and oxygen atoms in total. The largest absolute Gasteiger partial charge is 0.472 e. The van der Waals surface area contributed by atoms with Gasteiger partial charge in [-0.2, -0.15) is 0 Å². The van der Waals surface area contributed by atoms with Crippen LogP contribution in [0.15, 0.2) is 0 Å². The molecule has 0 amide bonds. The molecule has 0 aliphatic rings. The Morgan fingerprint density at radius 2 is 0.552 bits per heavy atom. The van der Waals surface area contributed by atoms with Crippen LogP contribution in [-0.2, 0) is 65.4 Å². The minimum absolute atomic E-state index is 0.102. The summed E-state index contributed by atoms with van der Waals surface area (Å²) in [6, 6.07) is 0. The maximum atomic E-state index is 13.0. The van der Waals surface area contributed by atoms with E-state index in [1.165, 1.54) is 128 Å². The average molecular weight is 1280 g/mol. The lowest BCUT2D eigenvalue weighted by molar-refractivity contribution is -0.161. The fraction of sp³-hybridized carbons (Fsp3) is 0.941. The van der Waals surface area contributed by atoms with Gasteiger partial charge < -0.3 is 33.8 Å². The molecule has 87 heavy (non-hydrogen) atoms. The second kappa shape index (κ2) is 57.9. The number of aliphatic hydroxyl groups is 1. The van der Waals surface area contributed by atoms with E-state index >= 15 is 0 Å². The summed E-state index contributed by atoms with van der Waals surface area (Å²) < 4.78 is 68.2. The molecule has 0 saturated heterocycles. The van der Waals surface area contributed by atoms with Crippen LogP contribution in [0.3, 0.4) is 0 Å². The smallest absolute Gasteiger partial charge is 0.462 e. The third-order valence-corrected chi connectivity index (χ3v) is 18.2. The number of esters is 4. The molecule has 0 aromatic carbocycles. The lowest BCUT2D eigenvalue weighted by atomic mass is 9.99. The zero-order valence-corrected chi connectivity index (χ0v) is 58.4. The Kier molecular flexibility index (Phi) is 56.6. The van der Waals surface area contributed by atoms with Gasteiger partial charge in [-0.15, -0.1) is 0 Å². The molecular weight excluding hydrogens is 1150 g/mol. The van der Waals surface area contributed by atoms with Crippen LogP contribution in [0.5, 0.6) is 0 Å². The van der Waals surface area contributed by atoms with Crippen molar-refractivity contribution >= 4 is 39.5 Å². The summed E-state index contributed by atoms with van der Waals surface area (Å²) >= 11 is 0. The van der Waals surface area contributed by atoms with Crippen molar-refractivity contribution in [2.45, 2.75) is 350 Å². The molecule has 0 aliphatic heterocycles. The molecule has 0 aromatic rings.